The molecule has 2 heterocycles. The fourth-order valence-electron chi connectivity index (χ4n) is 3.12. The van der Waals surface area contributed by atoms with E-state index >= 15 is 0 Å². The van der Waals surface area contributed by atoms with Crippen LogP contribution >= 0.6 is 11.3 Å². The molecule has 0 saturated carbocycles. The van der Waals surface area contributed by atoms with Gasteiger partial charge in [0.25, 0.3) is 0 Å². The van der Waals surface area contributed by atoms with E-state index < -0.39 is 5.97 Å². The molecule has 3 aromatic rings. The van der Waals surface area contributed by atoms with Gasteiger partial charge < -0.3 is 15.7 Å². The standard InChI is InChI=1S/C22H24N4O3S/c1-4-16-17(5-2)25-22(18-10-11-19(30-18)23-13(3)27)26-21(16)24-15-8-6-14(7-9-15)12-20(28)29/h6-11H,4-5,12H2,1-3H3,(H,23,27)(H,28,29)(H,24,25,26). The molecule has 30 heavy (non-hydrogen) atoms. The Labute approximate surface area is 179 Å². The predicted octanol–water partition coefficient (Wildman–Crippen LogP) is 4.66. The fourth-order valence-corrected chi connectivity index (χ4v) is 4.01. The zero-order valence-electron chi connectivity index (χ0n) is 17.2. The number of hydrogen-bond acceptors (Lipinski definition) is 6. The highest BCUT2D eigenvalue weighted by atomic mass is 32.1. The highest BCUT2D eigenvalue weighted by Gasteiger charge is 2.15. The Kier molecular flexibility index (Phi) is 6.79. The average Bonchev–Trinajstić information content (AvgIpc) is 3.16. The number of carboxylic acids is 1. The summed E-state index contributed by atoms with van der Waals surface area (Å²) >= 11 is 1.43. The first kappa shape index (κ1) is 21.4. The van der Waals surface area contributed by atoms with Gasteiger partial charge in [0, 0.05) is 23.9 Å². The van der Waals surface area contributed by atoms with Gasteiger partial charge in [0.1, 0.15) is 5.82 Å². The fraction of sp³-hybridized carbons (Fsp3) is 0.273. The Bertz CT molecular complexity index is 1060. The summed E-state index contributed by atoms with van der Waals surface area (Å²) in [6.07, 6.45) is 1.55. The Hall–Kier alpha value is -3.26. The van der Waals surface area contributed by atoms with Crippen LogP contribution in [0.3, 0.4) is 0 Å². The van der Waals surface area contributed by atoms with Gasteiger partial charge in [-0.15, -0.1) is 11.3 Å². The Morgan fingerprint density at radius 3 is 2.37 bits per heavy atom. The molecule has 0 fully saturated rings. The van der Waals surface area contributed by atoms with Gasteiger partial charge in [0.05, 0.1) is 16.3 Å². The minimum Gasteiger partial charge on any atom is -0.481 e. The monoisotopic (exact) mass is 424 g/mol. The number of rotatable bonds is 8. The van der Waals surface area contributed by atoms with Crippen LogP contribution in [0.2, 0.25) is 0 Å². The summed E-state index contributed by atoms with van der Waals surface area (Å²) in [6.45, 7) is 5.61. The van der Waals surface area contributed by atoms with Gasteiger partial charge >= 0.3 is 5.97 Å². The van der Waals surface area contributed by atoms with Crippen molar-refractivity contribution in [3.05, 3.63) is 53.2 Å². The molecular formula is C22H24N4O3S. The number of benzene rings is 1. The SMILES string of the molecule is CCc1nc(-c2ccc(NC(C)=O)s2)nc(Nc2ccc(CC(=O)O)cc2)c1CC. The minimum atomic E-state index is -0.855. The zero-order valence-corrected chi connectivity index (χ0v) is 18.0. The van der Waals surface area contributed by atoms with Gasteiger partial charge in [-0.2, -0.15) is 0 Å². The van der Waals surface area contributed by atoms with Crippen LogP contribution in [-0.2, 0) is 28.9 Å². The molecule has 0 aliphatic carbocycles. The summed E-state index contributed by atoms with van der Waals surface area (Å²) in [5.74, 6) is 0.371. The van der Waals surface area contributed by atoms with Crippen molar-refractivity contribution in [1.29, 1.82) is 0 Å². The van der Waals surface area contributed by atoms with E-state index in [0.717, 1.165) is 51.0 Å². The second kappa shape index (κ2) is 9.49. The van der Waals surface area contributed by atoms with Crippen molar-refractivity contribution in [3.63, 3.8) is 0 Å². The highest BCUT2D eigenvalue weighted by molar-refractivity contribution is 7.19. The lowest BCUT2D eigenvalue weighted by atomic mass is 10.1. The van der Waals surface area contributed by atoms with Gasteiger partial charge in [-0.3, -0.25) is 9.59 Å². The molecule has 0 radical (unpaired) electrons. The van der Waals surface area contributed by atoms with E-state index in [-0.39, 0.29) is 12.3 Å². The van der Waals surface area contributed by atoms with E-state index in [2.05, 4.69) is 24.5 Å². The molecule has 3 N–H and O–H groups in total. The van der Waals surface area contributed by atoms with Crippen LogP contribution in [0.25, 0.3) is 10.7 Å². The summed E-state index contributed by atoms with van der Waals surface area (Å²) in [5.41, 5.74) is 3.60. The summed E-state index contributed by atoms with van der Waals surface area (Å²) in [6, 6.07) is 11.0. The van der Waals surface area contributed by atoms with E-state index in [4.69, 9.17) is 15.1 Å². The van der Waals surface area contributed by atoms with E-state index in [9.17, 15) is 9.59 Å². The van der Waals surface area contributed by atoms with Crippen molar-refractivity contribution >= 4 is 39.7 Å². The number of thiophene rings is 1. The molecule has 0 aliphatic heterocycles. The van der Waals surface area contributed by atoms with E-state index in [1.807, 2.05) is 24.3 Å². The second-order valence-electron chi connectivity index (χ2n) is 6.77. The smallest absolute Gasteiger partial charge is 0.307 e. The summed E-state index contributed by atoms with van der Waals surface area (Å²) in [4.78, 5) is 32.6. The third-order valence-corrected chi connectivity index (χ3v) is 5.48. The minimum absolute atomic E-state index is 0.00681. The van der Waals surface area contributed by atoms with Crippen molar-refractivity contribution in [3.8, 4) is 10.7 Å². The Morgan fingerprint density at radius 2 is 1.77 bits per heavy atom. The van der Waals surface area contributed by atoms with Crippen molar-refractivity contribution in [2.24, 2.45) is 0 Å². The highest BCUT2D eigenvalue weighted by Crippen LogP contribution is 2.32. The first-order valence-electron chi connectivity index (χ1n) is 9.75. The second-order valence-corrected chi connectivity index (χ2v) is 7.85. The number of nitrogens with zero attached hydrogens (tertiary/aromatic N) is 2. The Morgan fingerprint density at radius 1 is 1.03 bits per heavy atom. The largest absolute Gasteiger partial charge is 0.481 e. The molecule has 3 rings (SSSR count). The molecule has 8 heteroatoms. The van der Waals surface area contributed by atoms with Crippen LogP contribution in [0.1, 0.15) is 37.6 Å². The molecule has 0 spiro atoms. The molecule has 0 aliphatic rings. The molecular weight excluding hydrogens is 400 g/mol. The summed E-state index contributed by atoms with van der Waals surface area (Å²) in [7, 11) is 0. The molecule has 1 aromatic carbocycles. The normalized spacial score (nSPS) is 10.6. The van der Waals surface area contributed by atoms with Crippen LogP contribution in [-0.4, -0.2) is 27.0 Å². The molecule has 156 valence electrons. The van der Waals surface area contributed by atoms with E-state index in [1.165, 1.54) is 18.3 Å². The predicted molar refractivity (Wildman–Crippen MR) is 119 cm³/mol. The van der Waals surface area contributed by atoms with Gasteiger partial charge in [0.2, 0.25) is 5.91 Å². The zero-order chi connectivity index (χ0) is 21.7. The molecule has 1 amide bonds. The summed E-state index contributed by atoms with van der Waals surface area (Å²) < 4.78 is 0. The number of carboxylic acid groups (broad SMARTS) is 1. The lowest BCUT2D eigenvalue weighted by Crippen LogP contribution is -2.07. The van der Waals surface area contributed by atoms with Gasteiger partial charge in [0.15, 0.2) is 5.82 Å². The molecule has 0 atom stereocenters. The van der Waals surface area contributed by atoms with Gasteiger partial charge in [-0.1, -0.05) is 26.0 Å². The molecule has 0 saturated heterocycles. The van der Waals surface area contributed by atoms with E-state index in [1.54, 1.807) is 12.1 Å². The maximum Gasteiger partial charge on any atom is 0.307 e. The Balaban J connectivity index is 1.94. The quantitative estimate of drug-likeness (QED) is 0.486. The van der Waals surface area contributed by atoms with Crippen LogP contribution in [0.5, 0.6) is 0 Å². The third-order valence-electron chi connectivity index (χ3n) is 4.48. The van der Waals surface area contributed by atoms with Crippen LogP contribution in [0, 0.1) is 0 Å². The number of amides is 1. The number of carbonyl (C=O) groups is 2. The number of hydrogen-bond donors (Lipinski definition) is 3. The van der Waals surface area contributed by atoms with Gasteiger partial charge in [-0.25, -0.2) is 9.97 Å². The third kappa shape index (κ3) is 5.21. The van der Waals surface area contributed by atoms with Crippen molar-refractivity contribution in [2.45, 2.75) is 40.0 Å². The number of aromatic nitrogens is 2. The molecule has 2 aromatic heterocycles. The summed E-state index contributed by atoms with van der Waals surface area (Å²) in [5, 5.41) is 15.8. The molecule has 0 bridgehead atoms. The van der Waals surface area contributed by atoms with Crippen molar-refractivity contribution in [2.75, 3.05) is 10.6 Å². The number of aliphatic carboxylic acids is 1. The van der Waals surface area contributed by atoms with Gasteiger partial charge in [-0.05, 0) is 42.7 Å². The number of aryl methyl sites for hydroxylation is 1. The van der Waals surface area contributed by atoms with Crippen molar-refractivity contribution < 1.29 is 14.7 Å². The lowest BCUT2D eigenvalue weighted by Gasteiger charge is -2.15. The first-order chi connectivity index (χ1) is 14.4. The average molecular weight is 425 g/mol. The van der Waals surface area contributed by atoms with Crippen LogP contribution < -0.4 is 10.6 Å². The molecule has 7 nitrogen and oxygen atoms in total. The molecule has 0 unspecified atom stereocenters. The number of anilines is 3. The van der Waals surface area contributed by atoms with Crippen LogP contribution in [0.4, 0.5) is 16.5 Å². The maximum absolute atomic E-state index is 11.3. The lowest BCUT2D eigenvalue weighted by molar-refractivity contribution is -0.136. The topological polar surface area (TPSA) is 104 Å². The van der Waals surface area contributed by atoms with Crippen molar-refractivity contribution in [1.82, 2.24) is 9.97 Å². The maximum atomic E-state index is 11.3. The number of carbonyl (C=O) groups excluding carboxylic acids is 1. The van der Waals surface area contributed by atoms with Crippen LogP contribution in [0.15, 0.2) is 36.4 Å². The number of nitrogens with one attached hydrogen (secondary N) is 2. The van der Waals surface area contributed by atoms with E-state index in [0.29, 0.717) is 5.82 Å². The first-order valence-corrected chi connectivity index (χ1v) is 10.6.